The quantitative estimate of drug-likeness (QED) is 0.596. The summed E-state index contributed by atoms with van der Waals surface area (Å²) in [5, 5.41) is 10.3. The van der Waals surface area contributed by atoms with Crippen molar-refractivity contribution in [2.45, 2.75) is 38.9 Å². The summed E-state index contributed by atoms with van der Waals surface area (Å²) < 4.78 is 2.22. The fourth-order valence-electron chi connectivity index (χ4n) is 3.88. The number of aromatic nitrogens is 3. The first-order chi connectivity index (χ1) is 14.6. The van der Waals surface area contributed by atoms with Gasteiger partial charge in [0.05, 0.1) is 0 Å². The minimum atomic E-state index is -0.0256. The topological polar surface area (TPSA) is 66.0 Å². The highest BCUT2D eigenvalue weighted by atomic mass is 32.1. The number of carbonyl (C=O) groups is 1. The van der Waals surface area contributed by atoms with Crippen LogP contribution in [0.15, 0.2) is 54.6 Å². The summed E-state index contributed by atoms with van der Waals surface area (Å²) in [6.45, 7) is 5.15. The predicted molar refractivity (Wildman–Crippen MR) is 120 cm³/mol. The molecule has 30 heavy (non-hydrogen) atoms. The average molecular weight is 422 g/mol. The SMILES string of the molecule is Cc1ccc(-c2n[nH]c(=S)n2CC(=O)NC2CCN(Cc3ccccc3)CC2)cc1. The molecule has 0 unspecified atom stereocenters. The predicted octanol–water partition coefficient (Wildman–Crippen LogP) is 3.70. The van der Waals surface area contributed by atoms with E-state index in [-0.39, 0.29) is 18.5 Å². The number of amides is 1. The Hall–Kier alpha value is -2.77. The lowest BCUT2D eigenvalue weighted by atomic mass is 10.0. The molecule has 0 spiro atoms. The van der Waals surface area contributed by atoms with Gasteiger partial charge in [-0.05, 0) is 37.5 Å². The van der Waals surface area contributed by atoms with E-state index < -0.39 is 0 Å². The van der Waals surface area contributed by atoms with Gasteiger partial charge in [-0.3, -0.25) is 19.4 Å². The first-order valence-corrected chi connectivity index (χ1v) is 10.8. The van der Waals surface area contributed by atoms with Gasteiger partial charge in [-0.2, -0.15) is 5.10 Å². The molecule has 6 nitrogen and oxygen atoms in total. The first kappa shape index (κ1) is 20.5. The molecule has 3 aromatic rings. The summed E-state index contributed by atoms with van der Waals surface area (Å²) in [6, 6.07) is 18.8. The highest BCUT2D eigenvalue weighted by Crippen LogP contribution is 2.18. The van der Waals surface area contributed by atoms with Crippen LogP contribution < -0.4 is 5.32 Å². The number of likely N-dealkylation sites (tertiary alicyclic amines) is 1. The number of H-pyrrole nitrogens is 1. The molecule has 0 bridgehead atoms. The molecule has 7 heteroatoms. The molecule has 1 aliphatic rings. The molecular formula is C23H27N5OS. The molecule has 0 atom stereocenters. The van der Waals surface area contributed by atoms with Gasteiger partial charge in [0.15, 0.2) is 10.6 Å². The molecule has 1 fully saturated rings. The van der Waals surface area contributed by atoms with Crippen molar-refractivity contribution >= 4 is 18.1 Å². The number of nitrogens with one attached hydrogen (secondary N) is 2. The lowest BCUT2D eigenvalue weighted by Gasteiger charge is -2.32. The van der Waals surface area contributed by atoms with Crippen LogP contribution in [0.4, 0.5) is 0 Å². The van der Waals surface area contributed by atoms with Crippen LogP contribution in [0, 0.1) is 11.7 Å². The summed E-state index contributed by atoms with van der Waals surface area (Å²) in [7, 11) is 0. The zero-order valence-electron chi connectivity index (χ0n) is 17.2. The smallest absolute Gasteiger partial charge is 0.240 e. The van der Waals surface area contributed by atoms with E-state index in [9.17, 15) is 4.79 Å². The molecule has 0 aliphatic carbocycles. The molecule has 1 aromatic heterocycles. The molecule has 0 radical (unpaired) electrons. The van der Waals surface area contributed by atoms with Crippen molar-refractivity contribution in [2.24, 2.45) is 0 Å². The Labute approximate surface area is 181 Å². The minimum absolute atomic E-state index is 0.0256. The second-order valence-electron chi connectivity index (χ2n) is 7.91. The van der Waals surface area contributed by atoms with Gasteiger partial charge in [-0.1, -0.05) is 60.2 Å². The van der Waals surface area contributed by atoms with Crippen molar-refractivity contribution in [2.75, 3.05) is 13.1 Å². The monoisotopic (exact) mass is 421 g/mol. The van der Waals surface area contributed by atoms with E-state index in [4.69, 9.17) is 12.2 Å². The third-order valence-electron chi connectivity index (χ3n) is 5.57. The van der Waals surface area contributed by atoms with Crippen molar-refractivity contribution in [3.8, 4) is 11.4 Å². The van der Waals surface area contributed by atoms with E-state index in [2.05, 4.69) is 44.7 Å². The van der Waals surface area contributed by atoms with Gasteiger partial charge in [0, 0.05) is 31.2 Å². The fraction of sp³-hybridized carbons (Fsp3) is 0.348. The van der Waals surface area contributed by atoms with Gasteiger partial charge in [0.25, 0.3) is 0 Å². The highest BCUT2D eigenvalue weighted by Gasteiger charge is 2.21. The molecule has 2 N–H and O–H groups in total. The van der Waals surface area contributed by atoms with Crippen LogP contribution in [0.1, 0.15) is 24.0 Å². The number of aromatic amines is 1. The second kappa shape index (κ2) is 9.36. The molecule has 1 amide bonds. The maximum absolute atomic E-state index is 12.7. The van der Waals surface area contributed by atoms with Crippen LogP contribution in [-0.4, -0.2) is 44.7 Å². The van der Waals surface area contributed by atoms with Crippen LogP contribution >= 0.6 is 12.2 Å². The molecular weight excluding hydrogens is 394 g/mol. The largest absolute Gasteiger partial charge is 0.352 e. The van der Waals surface area contributed by atoms with E-state index in [0.29, 0.717) is 10.6 Å². The van der Waals surface area contributed by atoms with Crippen molar-refractivity contribution < 1.29 is 4.79 Å². The number of nitrogens with zero attached hydrogens (tertiary/aromatic N) is 3. The maximum atomic E-state index is 12.7. The van der Waals surface area contributed by atoms with Crippen molar-refractivity contribution in [1.29, 1.82) is 0 Å². The normalized spacial score (nSPS) is 15.2. The van der Waals surface area contributed by atoms with Gasteiger partial charge in [-0.25, -0.2) is 0 Å². The third-order valence-corrected chi connectivity index (χ3v) is 5.88. The lowest BCUT2D eigenvalue weighted by Crippen LogP contribution is -2.45. The van der Waals surface area contributed by atoms with Crippen molar-refractivity contribution in [3.05, 3.63) is 70.5 Å². The zero-order chi connectivity index (χ0) is 20.9. The Kier molecular flexibility index (Phi) is 6.40. The zero-order valence-corrected chi connectivity index (χ0v) is 18.0. The number of hydrogen-bond donors (Lipinski definition) is 2. The third kappa shape index (κ3) is 5.04. The van der Waals surface area contributed by atoms with Crippen LogP contribution in [0.25, 0.3) is 11.4 Å². The maximum Gasteiger partial charge on any atom is 0.240 e. The standard InChI is InChI=1S/C23H27N5OS/c1-17-7-9-19(10-8-17)22-25-26-23(30)28(22)16-21(29)24-20-11-13-27(14-12-20)15-18-5-3-2-4-6-18/h2-10,20H,11-16H2,1H3,(H,24,29)(H,26,30). The molecule has 2 heterocycles. The fourth-order valence-corrected chi connectivity index (χ4v) is 4.08. The summed E-state index contributed by atoms with van der Waals surface area (Å²) >= 11 is 5.36. The summed E-state index contributed by atoms with van der Waals surface area (Å²) in [4.78, 5) is 15.2. The Balaban J connectivity index is 1.32. The van der Waals surface area contributed by atoms with Gasteiger partial charge >= 0.3 is 0 Å². The van der Waals surface area contributed by atoms with Crippen LogP contribution in [-0.2, 0) is 17.9 Å². The Bertz CT molecular complexity index is 1030. The number of hydrogen-bond acceptors (Lipinski definition) is 4. The highest BCUT2D eigenvalue weighted by molar-refractivity contribution is 7.71. The van der Waals surface area contributed by atoms with E-state index in [0.717, 1.165) is 38.0 Å². The average Bonchev–Trinajstić information content (AvgIpc) is 3.11. The van der Waals surface area contributed by atoms with Gasteiger partial charge < -0.3 is 5.32 Å². The number of piperidine rings is 1. The molecule has 1 aliphatic heterocycles. The number of aryl methyl sites for hydroxylation is 1. The van der Waals surface area contributed by atoms with E-state index in [1.165, 1.54) is 11.1 Å². The number of carbonyl (C=O) groups excluding carboxylic acids is 1. The second-order valence-corrected chi connectivity index (χ2v) is 8.29. The minimum Gasteiger partial charge on any atom is -0.352 e. The lowest BCUT2D eigenvalue weighted by molar-refractivity contribution is -0.122. The van der Waals surface area contributed by atoms with Crippen molar-refractivity contribution in [3.63, 3.8) is 0 Å². The van der Waals surface area contributed by atoms with Crippen LogP contribution in [0.5, 0.6) is 0 Å². The molecule has 0 saturated carbocycles. The first-order valence-electron chi connectivity index (χ1n) is 10.4. The van der Waals surface area contributed by atoms with E-state index in [1.807, 2.05) is 37.3 Å². The van der Waals surface area contributed by atoms with Crippen molar-refractivity contribution in [1.82, 2.24) is 25.0 Å². The summed E-state index contributed by atoms with van der Waals surface area (Å²) in [5.74, 6) is 0.662. The number of benzene rings is 2. The van der Waals surface area contributed by atoms with E-state index >= 15 is 0 Å². The Morgan fingerprint density at radius 1 is 1.13 bits per heavy atom. The van der Waals surface area contributed by atoms with E-state index in [1.54, 1.807) is 4.57 Å². The summed E-state index contributed by atoms with van der Waals surface area (Å²) in [6.07, 6.45) is 1.92. The molecule has 1 saturated heterocycles. The Morgan fingerprint density at radius 3 is 2.53 bits per heavy atom. The Morgan fingerprint density at radius 2 is 1.83 bits per heavy atom. The summed E-state index contributed by atoms with van der Waals surface area (Å²) in [5.41, 5.74) is 3.45. The van der Waals surface area contributed by atoms with Crippen LogP contribution in [0.3, 0.4) is 0 Å². The molecule has 4 rings (SSSR count). The van der Waals surface area contributed by atoms with Crippen LogP contribution in [0.2, 0.25) is 0 Å². The number of rotatable bonds is 6. The van der Waals surface area contributed by atoms with Gasteiger partial charge in [0.2, 0.25) is 5.91 Å². The van der Waals surface area contributed by atoms with Gasteiger partial charge in [0.1, 0.15) is 6.54 Å². The van der Waals surface area contributed by atoms with Gasteiger partial charge in [-0.15, -0.1) is 0 Å². The molecule has 156 valence electrons. The molecule has 2 aromatic carbocycles.